The van der Waals surface area contributed by atoms with Crippen molar-refractivity contribution in [1.82, 2.24) is 25.1 Å². The summed E-state index contributed by atoms with van der Waals surface area (Å²) in [4.78, 5) is 47.6. The predicted molar refractivity (Wildman–Crippen MR) is 142 cm³/mol. The van der Waals surface area contributed by atoms with Gasteiger partial charge in [0.25, 0.3) is 5.91 Å². The first-order valence-electron chi connectivity index (χ1n) is 12.7. The molecule has 2 aromatic heterocycles. The Hall–Kier alpha value is -4.52. The third-order valence-corrected chi connectivity index (χ3v) is 6.20. The van der Waals surface area contributed by atoms with E-state index in [2.05, 4.69) is 20.2 Å². The maximum atomic E-state index is 13.5. The Morgan fingerprint density at radius 3 is 2.37 bits per heavy atom. The SMILES string of the molecule is COc1ccccc1CNC(=O)C(c1cccnc1)N1CCCN(C(=O)c2ccccn2)CC1.O=C(O)C(F)(F)F. The van der Waals surface area contributed by atoms with E-state index in [1.165, 1.54) is 0 Å². The molecule has 0 spiro atoms. The summed E-state index contributed by atoms with van der Waals surface area (Å²) in [6, 6.07) is 16.2. The first-order valence-corrected chi connectivity index (χ1v) is 12.7. The lowest BCUT2D eigenvalue weighted by Crippen LogP contribution is -2.42. The molecule has 3 heterocycles. The largest absolute Gasteiger partial charge is 0.496 e. The van der Waals surface area contributed by atoms with Gasteiger partial charge in [0.15, 0.2) is 0 Å². The number of carbonyl (C=O) groups excluding carboxylic acids is 2. The van der Waals surface area contributed by atoms with Crippen LogP contribution in [0.5, 0.6) is 5.75 Å². The van der Waals surface area contributed by atoms with Crippen molar-refractivity contribution in [2.75, 3.05) is 33.3 Å². The van der Waals surface area contributed by atoms with Crippen molar-refractivity contribution < 1.29 is 37.4 Å². The molecule has 1 fully saturated rings. The standard InChI is InChI=1S/C26H29N5O3.C2HF3O2/c1-34-23-11-3-2-8-20(23)19-29-25(32)24(21-9-6-12-27-18-21)30-14-7-15-31(17-16-30)26(33)22-10-4-5-13-28-22;3-2(4,5)1(6)7/h2-6,8-13,18,24H,7,14-17,19H2,1H3,(H,29,32);(H,6,7). The number of carbonyl (C=O) groups is 3. The number of rotatable bonds is 7. The number of carboxylic acid groups (broad SMARTS) is 1. The quantitative estimate of drug-likeness (QED) is 0.441. The fourth-order valence-electron chi connectivity index (χ4n) is 4.24. The van der Waals surface area contributed by atoms with E-state index in [1.807, 2.05) is 47.4 Å². The molecule has 1 aliphatic heterocycles. The third kappa shape index (κ3) is 9.00. The molecule has 2 N–H and O–H groups in total. The Kier molecular flexibility index (Phi) is 11.2. The van der Waals surface area contributed by atoms with Crippen LogP contribution in [0.3, 0.4) is 0 Å². The lowest BCUT2D eigenvalue weighted by Gasteiger charge is -2.30. The molecule has 0 bridgehead atoms. The molecule has 1 aromatic carbocycles. The zero-order chi connectivity index (χ0) is 29.8. The number of ether oxygens (including phenoxy) is 1. The number of pyridine rings is 2. The summed E-state index contributed by atoms with van der Waals surface area (Å²) in [6.07, 6.45) is 0.731. The van der Waals surface area contributed by atoms with Crippen LogP contribution < -0.4 is 10.1 Å². The molecule has 3 aromatic rings. The number of hydrogen-bond acceptors (Lipinski definition) is 7. The number of aliphatic carboxylic acids is 1. The predicted octanol–water partition coefficient (Wildman–Crippen LogP) is 3.32. The van der Waals surface area contributed by atoms with Crippen molar-refractivity contribution in [2.24, 2.45) is 0 Å². The van der Waals surface area contributed by atoms with E-state index in [0.717, 1.165) is 23.3 Å². The zero-order valence-electron chi connectivity index (χ0n) is 22.3. The van der Waals surface area contributed by atoms with Gasteiger partial charge in [-0.3, -0.25) is 24.5 Å². The van der Waals surface area contributed by atoms with Gasteiger partial charge in [-0.25, -0.2) is 4.79 Å². The first-order chi connectivity index (χ1) is 19.6. The highest BCUT2D eigenvalue weighted by Gasteiger charge is 2.38. The van der Waals surface area contributed by atoms with E-state index >= 15 is 0 Å². The van der Waals surface area contributed by atoms with Crippen LogP contribution in [0.15, 0.2) is 73.2 Å². The van der Waals surface area contributed by atoms with Crippen LogP contribution in [0.4, 0.5) is 13.2 Å². The number of methoxy groups -OCH3 is 1. The second-order valence-electron chi connectivity index (χ2n) is 8.92. The van der Waals surface area contributed by atoms with E-state index in [4.69, 9.17) is 14.6 Å². The third-order valence-electron chi connectivity index (χ3n) is 6.20. The van der Waals surface area contributed by atoms with Crippen molar-refractivity contribution in [3.8, 4) is 5.75 Å². The maximum Gasteiger partial charge on any atom is 0.490 e. The number of aromatic nitrogens is 2. The topological polar surface area (TPSA) is 125 Å². The summed E-state index contributed by atoms with van der Waals surface area (Å²) in [7, 11) is 1.62. The van der Waals surface area contributed by atoms with Gasteiger partial charge < -0.3 is 20.1 Å². The molecule has 41 heavy (non-hydrogen) atoms. The lowest BCUT2D eigenvalue weighted by molar-refractivity contribution is -0.192. The molecule has 1 unspecified atom stereocenters. The summed E-state index contributed by atoms with van der Waals surface area (Å²) in [5, 5.41) is 10.2. The number of hydrogen-bond donors (Lipinski definition) is 2. The average molecular weight is 574 g/mol. The van der Waals surface area contributed by atoms with Crippen molar-refractivity contribution in [2.45, 2.75) is 25.2 Å². The average Bonchev–Trinajstić information content (AvgIpc) is 3.23. The number of amides is 2. The smallest absolute Gasteiger partial charge is 0.490 e. The van der Waals surface area contributed by atoms with E-state index in [1.54, 1.807) is 37.8 Å². The van der Waals surface area contributed by atoms with Gasteiger partial charge in [0.1, 0.15) is 17.5 Å². The van der Waals surface area contributed by atoms with Crippen molar-refractivity contribution in [3.05, 3.63) is 90.0 Å². The Morgan fingerprint density at radius 1 is 1.00 bits per heavy atom. The van der Waals surface area contributed by atoms with Crippen LogP contribution in [0.1, 0.15) is 34.1 Å². The summed E-state index contributed by atoms with van der Waals surface area (Å²) in [6.45, 7) is 2.76. The van der Waals surface area contributed by atoms with E-state index < -0.39 is 18.2 Å². The number of alkyl halides is 3. The Labute approximate surface area is 234 Å². The van der Waals surface area contributed by atoms with Crippen LogP contribution in [0.25, 0.3) is 0 Å². The van der Waals surface area contributed by atoms with Gasteiger partial charge in [-0.15, -0.1) is 0 Å². The summed E-state index contributed by atoms with van der Waals surface area (Å²) < 4.78 is 37.1. The minimum Gasteiger partial charge on any atom is -0.496 e. The molecule has 1 aliphatic rings. The fraction of sp³-hybridized carbons (Fsp3) is 0.321. The normalized spacial score (nSPS) is 14.6. The molecule has 1 atom stereocenters. The van der Waals surface area contributed by atoms with Gasteiger partial charge in [0, 0.05) is 56.9 Å². The maximum absolute atomic E-state index is 13.5. The minimum absolute atomic E-state index is 0.0824. The highest BCUT2D eigenvalue weighted by atomic mass is 19.4. The van der Waals surface area contributed by atoms with E-state index in [9.17, 15) is 22.8 Å². The second kappa shape index (κ2) is 14.7. The lowest BCUT2D eigenvalue weighted by atomic mass is 10.1. The van der Waals surface area contributed by atoms with Gasteiger partial charge in [-0.2, -0.15) is 13.2 Å². The van der Waals surface area contributed by atoms with Crippen LogP contribution in [-0.2, 0) is 16.1 Å². The van der Waals surface area contributed by atoms with Crippen molar-refractivity contribution in [1.29, 1.82) is 0 Å². The summed E-state index contributed by atoms with van der Waals surface area (Å²) in [5.41, 5.74) is 2.17. The highest BCUT2D eigenvalue weighted by Crippen LogP contribution is 2.24. The molecule has 1 saturated heterocycles. The molecular weight excluding hydrogens is 543 g/mol. The monoisotopic (exact) mass is 573 g/mol. The second-order valence-corrected chi connectivity index (χ2v) is 8.92. The van der Waals surface area contributed by atoms with Crippen molar-refractivity contribution >= 4 is 17.8 Å². The Balaban J connectivity index is 0.000000587. The van der Waals surface area contributed by atoms with Gasteiger partial charge in [0.05, 0.1) is 7.11 Å². The number of para-hydroxylation sites is 1. The molecule has 0 saturated carbocycles. The zero-order valence-corrected chi connectivity index (χ0v) is 22.3. The molecule has 2 amide bonds. The molecule has 0 aliphatic carbocycles. The molecular formula is C28H30F3N5O5. The van der Waals surface area contributed by atoms with Gasteiger partial charge in [-0.05, 0) is 36.2 Å². The van der Waals surface area contributed by atoms with Crippen LogP contribution in [-0.4, -0.2) is 82.1 Å². The first kappa shape index (κ1) is 31.0. The number of carboxylic acids is 1. The molecule has 4 rings (SSSR count). The number of benzene rings is 1. The number of nitrogens with one attached hydrogen (secondary N) is 1. The molecule has 218 valence electrons. The minimum atomic E-state index is -5.08. The van der Waals surface area contributed by atoms with Crippen molar-refractivity contribution in [3.63, 3.8) is 0 Å². The van der Waals surface area contributed by atoms with Crippen LogP contribution in [0.2, 0.25) is 0 Å². The summed E-state index contributed by atoms with van der Waals surface area (Å²) in [5.74, 6) is -2.21. The Bertz CT molecular complexity index is 1300. The number of nitrogens with zero attached hydrogens (tertiary/aromatic N) is 4. The Morgan fingerprint density at radius 2 is 1.73 bits per heavy atom. The van der Waals surface area contributed by atoms with Gasteiger partial charge >= 0.3 is 12.1 Å². The van der Waals surface area contributed by atoms with Crippen LogP contribution in [0, 0.1) is 0 Å². The number of halogens is 3. The fourth-order valence-corrected chi connectivity index (χ4v) is 4.24. The van der Waals surface area contributed by atoms with Gasteiger partial charge in [0.2, 0.25) is 5.91 Å². The van der Waals surface area contributed by atoms with E-state index in [0.29, 0.717) is 38.4 Å². The molecule has 0 radical (unpaired) electrons. The molecule has 13 heteroatoms. The highest BCUT2D eigenvalue weighted by molar-refractivity contribution is 5.92. The van der Waals surface area contributed by atoms with Gasteiger partial charge in [-0.1, -0.05) is 30.3 Å². The summed E-state index contributed by atoms with van der Waals surface area (Å²) >= 11 is 0. The van der Waals surface area contributed by atoms with Crippen LogP contribution >= 0.6 is 0 Å². The molecule has 10 nitrogen and oxygen atoms in total. The van der Waals surface area contributed by atoms with E-state index in [-0.39, 0.29) is 11.8 Å².